The van der Waals surface area contributed by atoms with E-state index in [4.69, 9.17) is 0 Å². The number of carbonyl (C=O) groups is 1. The zero-order valence-corrected chi connectivity index (χ0v) is 13.4. The molecule has 1 N–H and O–H groups in total. The Morgan fingerprint density at radius 3 is 2.80 bits per heavy atom. The Morgan fingerprint density at radius 2 is 2.12 bits per heavy atom. The first-order valence-corrected chi connectivity index (χ1v) is 8.03. The predicted octanol–water partition coefficient (Wildman–Crippen LogP) is 0.310. The van der Waals surface area contributed by atoms with E-state index < -0.39 is 12.0 Å². The van der Waals surface area contributed by atoms with E-state index in [1.807, 2.05) is 0 Å². The van der Waals surface area contributed by atoms with Crippen molar-refractivity contribution in [2.24, 2.45) is 5.10 Å². The molecule has 0 radical (unpaired) electrons. The van der Waals surface area contributed by atoms with E-state index in [1.165, 1.54) is 29.7 Å². The highest BCUT2D eigenvalue weighted by molar-refractivity contribution is 7.14. The van der Waals surface area contributed by atoms with Gasteiger partial charge in [0.15, 0.2) is 6.04 Å². The molecule has 1 aliphatic rings. The van der Waals surface area contributed by atoms with Crippen molar-refractivity contribution >= 4 is 34.2 Å². The number of carboxylic acid groups (broad SMARTS) is 1. The summed E-state index contributed by atoms with van der Waals surface area (Å²) in [6.07, 6.45) is 2.81. The third-order valence-electron chi connectivity index (χ3n) is 3.78. The van der Waals surface area contributed by atoms with Crippen LogP contribution in [-0.4, -0.2) is 42.4 Å². The summed E-state index contributed by atoms with van der Waals surface area (Å²) in [4.78, 5) is 28.1. The van der Waals surface area contributed by atoms with Gasteiger partial charge < -0.3 is 5.11 Å². The average Bonchev–Trinajstić information content (AvgIpc) is 3.27. The molecule has 25 heavy (non-hydrogen) atoms. The topological polar surface area (TPSA) is 100 Å². The standard InChI is InChI=1S/C15H10FN5O3S/c16-9-3-1-8(2-4-9)10-5-11(14(23)24)20(19-10)6-12-13(22)21-15(25-12)17-7-18-21/h1-4,6-7,11H,5H2,(H,23,24)/b12-6-/t11-/m1/s1. The van der Waals surface area contributed by atoms with Gasteiger partial charge in [0.1, 0.15) is 16.7 Å². The fraction of sp³-hybridized carbons (Fsp3) is 0.133. The van der Waals surface area contributed by atoms with Crippen molar-refractivity contribution in [1.82, 2.24) is 19.6 Å². The second-order valence-corrected chi connectivity index (χ2v) is 6.36. The van der Waals surface area contributed by atoms with Crippen molar-refractivity contribution in [3.8, 4) is 0 Å². The molecule has 126 valence electrons. The molecule has 0 bridgehead atoms. The highest BCUT2D eigenvalue weighted by Gasteiger charge is 2.32. The summed E-state index contributed by atoms with van der Waals surface area (Å²) in [5, 5.41) is 18.8. The lowest BCUT2D eigenvalue weighted by Crippen LogP contribution is -2.34. The summed E-state index contributed by atoms with van der Waals surface area (Å²) in [7, 11) is 0. The van der Waals surface area contributed by atoms with Crippen LogP contribution in [0.1, 0.15) is 12.0 Å². The zero-order valence-electron chi connectivity index (χ0n) is 12.5. The second-order valence-electron chi connectivity index (χ2n) is 5.35. The molecule has 1 aliphatic heterocycles. The van der Waals surface area contributed by atoms with Gasteiger partial charge in [-0.05, 0) is 17.7 Å². The summed E-state index contributed by atoms with van der Waals surface area (Å²) in [6.45, 7) is 0. The molecule has 0 unspecified atom stereocenters. The summed E-state index contributed by atoms with van der Waals surface area (Å²) in [6, 6.07) is 4.71. The molecule has 3 aromatic rings. The van der Waals surface area contributed by atoms with Gasteiger partial charge in [0.2, 0.25) is 4.96 Å². The number of hydrogen-bond donors (Lipinski definition) is 1. The number of halogens is 1. The first-order valence-electron chi connectivity index (χ1n) is 7.22. The molecule has 2 aromatic heterocycles. The molecule has 0 spiro atoms. The average molecular weight is 359 g/mol. The molecule has 0 saturated heterocycles. The van der Waals surface area contributed by atoms with Crippen molar-refractivity contribution in [2.75, 3.05) is 0 Å². The Hall–Kier alpha value is -3.14. The first kappa shape index (κ1) is 15.4. The highest BCUT2D eigenvalue weighted by atomic mass is 32.1. The molecule has 1 atom stereocenters. The quantitative estimate of drug-likeness (QED) is 0.722. The van der Waals surface area contributed by atoms with Gasteiger partial charge in [-0.25, -0.2) is 14.2 Å². The van der Waals surface area contributed by atoms with Crippen molar-refractivity contribution in [2.45, 2.75) is 12.5 Å². The van der Waals surface area contributed by atoms with Gasteiger partial charge in [-0.3, -0.25) is 9.80 Å². The molecule has 1 aromatic carbocycles. The number of fused-ring (bicyclic) bond motifs is 1. The Bertz CT molecular complexity index is 1100. The number of thiazole rings is 1. The number of nitrogens with zero attached hydrogens (tertiary/aromatic N) is 5. The van der Waals surface area contributed by atoms with E-state index in [0.29, 0.717) is 16.2 Å². The van der Waals surface area contributed by atoms with E-state index in [2.05, 4.69) is 15.2 Å². The van der Waals surface area contributed by atoms with E-state index in [1.54, 1.807) is 12.1 Å². The third kappa shape index (κ3) is 2.66. The third-order valence-corrected chi connectivity index (χ3v) is 4.74. The van der Waals surface area contributed by atoms with Crippen LogP contribution in [0.25, 0.3) is 11.2 Å². The van der Waals surface area contributed by atoms with Crippen molar-refractivity contribution in [1.29, 1.82) is 0 Å². The Morgan fingerprint density at radius 1 is 1.36 bits per heavy atom. The van der Waals surface area contributed by atoms with Crippen LogP contribution in [0, 0.1) is 5.82 Å². The lowest BCUT2D eigenvalue weighted by molar-refractivity contribution is -0.141. The van der Waals surface area contributed by atoms with Gasteiger partial charge in [-0.2, -0.15) is 14.7 Å². The van der Waals surface area contributed by atoms with E-state index in [-0.39, 0.29) is 22.3 Å². The van der Waals surface area contributed by atoms with Gasteiger partial charge >= 0.3 is 5.97 Å². The van der Waals surface area contributed by atoms with Gasteiger partial charge in [0.25, 0.3) is 5.56 Å². The number of carboxylic acids is 1. The molecule has 0 fully saturated rings. The lowest BCUT2D eigenvalue weighted by Gasteiger charge is -2.14. The molecular formula is C15H10FN5O3S. The minimum atomic E-state index is -1.07. The van der Waals surface area contributed by atoms with Gasteiger partial charge in [0, 0.05) is 12.6 Å². The van der Waals surface area contributed by atoms with E-state index >= 15 is 0 Å². The van der Waals surface area contributed by atoms with Crippen LogP contribution in [0.15, 0.2) is 40.5 Å². The van der Waals surface area contributed by atoms with Crippen LogP contribution in [0.2, 0.25) is 0 Å². The minimum Gasteiger partial charge on any atom is -0.480 e. The molecule has 4 rings (SSSR count). The van der Waals surface area contributed by atoms with Crippen LogP contribution in [0.5, 0.6) is 0 Å². The van der Waals surface area contributed by atoms with Gasteiger partial charge in [-0.1, -0.05) is 23.5 Å². The van der Waals surface area contributed by atoms with Crippen molar-refractivity contribution in [3.05, 3.63) is 56.9 Å². The molecule has 0 amide bonds. The fourth-order valence-corrected chi connectivity index (χ4v) is 3.40. The maximum absolute atomic E-state index is 13.1. The largest absolute Gasteiger partial charge is 0.480 e. The molecule has 8 nitrogen and oxygen atoms in total. The first-order chi connectivity index (χ1) is 12.0. The Balaban J connectivity index is 1.77. The number of rotatable bonds is 3. The van der Waals surface area contributed by atoms with Crippen LogP contribution in [0.3, 0.4) is 0 Å². The number of benzene rings is 1. The lowest BCUT2D eigenvalue weighted by atomic mass is 10.0. The summed E-state index contributed by atoms with van der Waals surface area (Å²) >= 11 is 1.10. The molecule has 0 saturated carbocycles. The SMILES string of the molecule is O=C(O)[C@H]1CC(c2ccc(F)cc2)=NN1/C=c1\sc2ncnn2c1=O. The molecule has 10 heteroatoms. The smallest absolute Gasteiger partial charge is 0.328 e. The van der Waals surface area contributed by atoms with Gasteiger partial charge in [-0.15, -0.1) is 0 Å². The second kappa shape index (κ2) is 5.74. The fourth-order valence-electron chi connectivity index (χ4n) is 2.55. The molecule has 3 heterocycles. The van der Waals surface area contributed by atoms with Gasteiger partial charge in [0.05, 0.1) is 5.71 Å². The predicted molar refractivity (Wildman–Crippen MR) is 87.6 cm³/mol. The van der Waals surface area contributed by atoms with Crippen molar-refractivity contribution < 1.29 is 14.3 Å². The van der Waals surface area contributed by atoms with Crippen LogP contribution < -0.4 is 10.1 Å². The minimum absolute atomic E-state index is 0.145. The number of aromatic nitrogens is 3. The Kier molecular flexibility index (Phi) is 3.53. The van der Waals surface area contributed by atoms with Crippen molar-refractivity contribution in [3.63, 3.8) is 0 Å². The van der Waals surface area contributed by atoms with E-state index in [9.17, 15) is 19.1 Å². The normalized spacial score (nSPS) is 18.1. The van der Waals surface area contributed by atoms with E-state index in [0.717, 1.165) is 15.9 Å². The van der Waals surface area contributed by atoms with Crippen LogP contribution in [0.4, 0.5) is 4.39 Å². The summed E-state index contributed by atoms with van der Waals surface area (Å²) < 4.78 is 14.5. The summed E-state index contributed by atoms with van der Waals surface area (Å²) in [5.41, 5.74) is 0.760. The van der Waals surface area contributed by atoms with Crippen LogP contribution in [-0.2, 0) is 4.79 Å². The highest BCUT2D eigenvalue weighted by Crippen LogP contribution is 2.21. The van der Waals surface area contributed by atoms with Crippen LogP contribution >= 0.6 is 11.3 Å². The number of aliphatic carboxylic acids is 1. The molecular weight excluding hydrogens is 349 g/mol. The monoisotopic (exact) mass is 359 g/mol. The number of hydrazone groups is 1. The number of hydrogen-bond acceptors (Lipinski definition) is 7. The Labute approximate surface area is 143 Å². The molecule has 0 aliphatic carbocycles. The zero-order chi connectivity index (χ0) is 17.6. The maximum Gasteiger partial charge on any atom is 0.328 e. The maximum atomic E-state index is 13.1. The summed E-state index contributed by atoms with van der Waals surface area (Å²) in [5.74, 6) is -1.45.